The van der Waals surface area contributed by atoms with Gasteiger partial charge in [0.1, 0.15) is 10.7 Å². The van der Waals surface area contributed by atoms with Gasteiger partial charge < -0.3 is 15.3 Å². The molecule has 1 aromatic heterocycles. The van der Waals surface area contributed by atoms with Crippen LogP contribution < -0.4 is 27.1 Å². The van der Waals surface area contributed by atoms with Crippen molar-refractivity contribution in [3.63, 3.8) is 0 Å². The number of nitrogens with one attached hydrogen (secondary N) is 3. The molecule has 0 saturated carbocycles. The monoisotopic (exact) mass is 492 g/mol. The van der Waals surface area contributed by atoms with Gasteiger partial charge in [0, 0.05) is 31.7 Å². The minimum absolute atomic E-state index is 0.143. The first-order valence-corrected chi connectivity index (χ1v) is 12.3. The molecule has 3 N–H and O–H groups in total. The fourth-order valence-electron chi connectivity index (χ4n) is 4.48. The molecule has 0 unspecified atom stereocenters. The SMILES string of the molecule is O=C(NCCN1CCc2ccccc2C1)c1ccc(C=c2[nH]c(=O)c(=Cc3ccccc3)[nH]c2=O)cc1. The summed E-state index contributed by atoms with van der Waals surface area (Å²) < 4.78 is 0. The number of rotatable bonds is 6. The molecule has 3 aromatic carbocycles. The van der Waals surface area contributed by atoms with E-state index in [-0.39, 0.29) is 22.2 Å². The van der Waals surface area contributed by atoms with Crippen LogP contribution in [0, 0.1) is 0 Å². The second-order valence-electron chi connectivity index (χ2n) is 9.11. The Morgan fingerprint density at radius 1 is 0.784 bits per heavy atom. The van der Waals surface area contributed by atoms with Gasteiger partial charge in [-0.15, -0.1) is 0 Å². The van der Waals surface area contributed by atoms with Crippen molar-refractivity contribution in [1.82, 2.24) is 20.2 Å². The summed E-state index contributed by atoms with van der Waals surface area (Å²) in [6.07, 6.45) is 4.24. The van der Waals surface area contributed by atoms with Gasteiger partial charge in [0.15, 0.2) is 0 Å². The quantitative estimate of drug-likeness (QED) is 0.380. The van der Waals surface area contributed by atoms with Gasteiger partial charge in [-0.05, 0) is 53.0 Å². The molecule has 186 valence electrons. The Hall–Kier alpha value is -4.49. The van der Waals surface area contributed by atoms with Gasteiger partial charge >= 0.3 is 0 Å². The highest BCUT2D eigenvalue weighted by atomic mass is 16.2. The summed E-state index contributed by atoms with van der Waals surface area (Å²) in [5, 5.41) is 3.32. The van der Waals surface area contributed by atoms with Gasteiger partial charge in [-0.1, -0.05) is 66.7 Å². The molecule has 1 aliphatic rings. The number of H-pyrrole nitrogens is 2. The van der Waals surface area contributed by atoms with Crippen LogP contribution in [-0.4, -0.2) is 40.4 Å². The predicted molar refractivity (Wildman–Crippen MR) is 145 cm³/mol. The molecule has 0 atom stereocenters. The number of carbonyl (C=O) groups is 1. The zero-order valence-electron chi connectivity index (χ0n) is 20.4. The minimum Gasteiger partial charge on any atom is -0.351 e. The van der Waals surface area contributed by atoms with E-state index < -0.39 is 5.56 Å². The molecule has 0 spiro atoms. The number of aromatic nitrogens is 2. The normalized spacial score (nSPS) is 14.4. The number of aromatic amines is 2. The van der Waals surface area contributed by atoms with Gasteiger partial charge in [-0.25, -0.2) is 0 Å². The van der Waals surface area contributed by atoms with E-state index in [0.29, 0.717) is 17.7 Å². The van der Waals surface area contributed by atoms with Gasteiger partial charge in [-0.3, -0.25) is 19.3 Å². The van der Waals surface area contributed by atoms with Gasteiger partial charge in [-0.2, -0.15) is 0 Å². The van der Waals surface area contributed by atoms with Gasteiger partial charge in [0.2, 0.25) is 0 Å². The second kappa shape index (κ2) is 11.1. The lowest BCUT2D eigenvalue weighted by Crippen LogP contribution is -2.46. The first-order chi connectivity index (χ1) is 18.0. The predicted octanol–water partition coefficient (Wildman–Crippen LogP) is 1.51. The average Bonchev–Trinajstić information content (AvgIpc) is 2.92. The zero-order valence-corrected chi connectivity index (χ0v) is 20.4. The van der Waals surface area contributed by atoms with Crippen LogP contribution in [0.4, 0.5) is 0 Å². The minimum atomic E-state index is -0.399. The van der Waals surface area contributed by atoms with Crippen LogP contribution in [-0.2, 0) is 13.0 Å². The van der Waals surface area contributed by atoms with E-state index in [0.717, 1.165) is 31.6 Å². The highest BCUT2D eigenvalue weighted by Crippen LogP contribution is 2.17. The molecule has 0 radical (unpaired) electrons. The fraction of sp³-hybridized carbons (Fsp3) is 0.167. The summed E-state index contributed by atoms with van der Waals surface area (Å²) in [5.41, 5.74) is 4.03. The second-order valence-corrected chi connectivity index (χ2v) is 9.11. The molecule has 0 fully saturated rings. The molecule has 0 aliphatic carbocycles. The number of amides is 1. The summed E-state index contributed by atoms with van der Waals surface area (Å²) in [6, 6.07) is 24.7. The summed E-state index contributed by atoms with van der Waals surface area (Å²) in [4.78, 5) is 45.2. The van der Waals surface area contributed by atoms with Crippen LogP contribution >= 0.6 is 0 Å². The molecular formula is C30H28N4O3. The third kappa shape index (κ3) is 6.02. The van der Waals surface area contributed by atoms with E-state index in [9.17, 15) is 14.4 Å². The molecule has 0 bridgehead atoms. The lowest BCUT2D eigenvalue weighted by Gasteiger charge is -2.28. The smallest absolute Gasteiger partial charge is 0.272 e. The van der Waals surface area contributed by atoms with E-state index in [2.05, 4.69) is 44.5 Å². The zero-order chi connectivity index (χ0) is 25.6. The fourth-order valence-corrected chi connectivity index (χ4v) is 4.48. The molecule has 0 saturated heterocycles. The highest BCUT2D eigenvalue weighted by Gasteiger charge is 2.15. The van der Waals surface area contributed by atoms with Gasteiger partial charge in [0.25, 0.3) is 17.0 Å². The van der Waals surface area contributed by atoms with E-state index in [1.807, 2.05) is 30.3 Å². The Morgan fingerprint density at radius 3 is 2.05 bits per heavy atom. The first-order valence-electron chi connectivity index (χ1n) is 12.3. The maximum absolute atomic E-state index is 12.6. The van der Waals surface area contributed by atoms with Crippen molar-refractivity contribution in [3.8, 4) is 0 Å². The van der Waals surface area contributed by atoms with E-state index in [4.69, 9.17) is 0 Å². The van der Waals surface area contributed by atoms with Crippen molar-refractivity contribution in [3.05, 3.63) is 138 Å². The maximum Gasteiger partial charge on any atom is 0.272 e. The van der Waals surface area contributed by atoms with Crippen molar-refractivity contribution < 1.29 is 4.79 Å². The largest absolute Gasteiger partial charge is 0.351 e. The van der Waals surface area contributed by atoms with Crippen molar-refractivity contribution in [2.24, 2.45) is 0 Å². The van der Waals surface area contributed by atoms with Crippen molar-refractivity contribution >= 4 is 18.1 Å². The summed E-state index contributed by atoms with van der Waals surface area (Å²) in [7, 11) is 0. The number of benzene rings is 3. The standard InChI is InChI=1S/C30H28N4O3/c35-28(31-15-17-34-16-14-23-8-4-5-9-25(23)20-34)24-12-10-22(11-13-24)19-27-30(37)32-26(29(36)33-27)18-21-6-2-1-3-7-21/h1-13,18-19H,14-17,20H2,(H,31,35)(H,32,37)(H,33,36). The summed E-state index contributed by atoms with van der Waals surface area (Å²) in [5.74, 6) is -0.143. The Balaban J connectivity index is 1.21. The Kier molecular flexibility index (Phi) is 7.23. The van der Waals surface area contributed by atoms with Crippen LogP contribution in [0.25, 0.3) is 12.2 Å². The first kappa shape index (κ1) is 24.2. The van der Waals surface area contributed by atoms with Crippen LogP contribution in [0.2, 0.25) is 0 Å². The molecule has 2 heterocycles. The molecule has 7 heteroatoms. The molecular weight excluding hydrogens is 464 g/mol. The van der Waals surface area contributed by atoms with E-state index in [1.165, 1.54) is 11.1 Å². The molecule has 4 aromatic rings. The summed E-state index contributed by atoms with van der Waals surface area (Å²) >= 11 is 0. The van der Waals surface area contributed by atoms with Crippen LogP contribution in [0.15, 0.2) is 88.5 Å². The Labute approximate surface area is 213 Å². The maximum atomic E-state index is 12.6. The van der Waals surface area contributed by atoms with Crippen LogP contribution in [0.3, 0.4) is 0 Å². The molecule has 7 nitrogen and oxygen atoms in total. The number of nitrogens with zero attached hydrogens (tertiary/aromatic N) is 1. The van der Waals surface area contributed by atoms with Gasteiger partial charge in [0.05, 0.1) is 0 Å². The van der Waals surface area contributed by atoms with Crippen molar-refractivity contribution in [2.45, 2.75) is 13.0 Å². The van der Waals surface area contributed by atoms with E-state index in [1.54, 1.807) is 36.4 Å². The number of hydrogen-bond acceptors (Lipinski definition) is 4. The molecule has 5 rings (SSSR count). The van der Waals surface area contributed by atoms with Crippen molar-refractivity contribution in [2.75, 3.05) is 19.6 Å². The number of carbonyl (C=O) groups excluding carboxylic acids is 1. The number of fused-ring (bicyclic) bond motifs is 1. The molecule has 1 aliphatic heterocycles. The lowest BCUT2D eigenvalue weighted by molar-refractivity contribution is 0.0947. The third-order valence-corrected chi connectivity index (χ3v) is 6.50. The Morgan fingerprint density at radius 2 is 1.38 bits per heavy atom. The highest BCUT2D eigenvalue weighted by molar-refractivity contribution is 5.94. The van der Waals surface area contributed by atoms with Crippen LogP contribution in [0.5, 0.6) is 0 Å². The topological polar surface area (TPSA) is 98.1 Å². The van der Waals surface area contributed by atoms with E-state index >= 15 is 0 Å². The Bertz CT molecular complexity index is 1640. The summed E-state index contributed by atoms with van der Waals surface area (Å²) in [6.45, 7) is 3.25. The average molecular weight is 493 g/mol. The third-order valence-electron chi connectivity index (χ3n) is 6.50. The van der Waals surface area contributed by atoms with Crippen LogP contribution in [0.1, 0.15) is 32.6 Å². The molecule has 37 heavy (non-hydrogen) atoms. The van der Waals surface area contributed by atoms with Crippen molar-refractivity contribution in [1.29, 1.82) is 0 Å². The number of hydrogen-bond donors (Lipinski definition) is 3. The lowest BCUT2D eigenvalue weighted by atomic mass is 10.00. The molecule has 1 amide bonds.